The van der Waals surface area contributed by atoms with Gasteiger partial charge >= 0.3 is 11.6 Å². The zero-order chi connectivity index (χ0) is 12.3. The van der Waals surface area contributed by atoms with Crippen LogP contribution >= 0.6 is 11.6 Å². The van der Waals surface area contributed by atoms with Gasteiger partial charge in [0.1, 0.15) is 6.20 Å². The molecular formula is C9H5ClN4O3. The Morgan fingerprint density at radius 2 is 2.18 bits per heavy atom. The first-order valence-corrected chi connectivity index (χ1v) is 4.80. The highest BCUT2D eigenvalue weighted by molar-refractivity contribution is 6.28. The molecule has 17 heavy (non-hydrogen) atoms. The number of hydrogen-bond donors (Lipinski definition) is 0. The molecule has 0 atom stereocenters. The predicted octanol–water partition coefficient (Wildman–Crippen LogP) is 2.23. The Morgan fingerprint density at radius 3 is 2.82 bits per heavy atom. The average molecular weight is 253 g/mol. The molecule has 2 heterocycles. The van der Waals surface area contributed by atoms with Crippen LogP contribution in [0.15, 0.2) is 30.6 Å². The standard InChI is InChI=1S/C9H5ClN4O3/c10-9-12-5-6(14(15)16)8(13-9)17-7-3-1-2-4-11-7/h1-5H. The fraction of sp³-hybridized carbons (Fsp3) is 0. The van der Waals surface area contributed by atoms with Crippen molar-refractivity contribution in [3.63, 3.8) is 0 Å². The van der Waals surface area contributed by atoms with Gasteiger partial charge in [-0.25, -0.2) is 9.97 Å². The summed E-state index contributed by atoms with van der Waals surface area (Å²) in [7, 11) is 0. The third kappa shape index (κ3) is 2.64. The van der Waals surface area contributed by atoms with E-state index in [0.29, 0.717) is 0 Å². The van der Waals surface area contributed by atoms with Gasteiger partial charge in [-0.15, -0.1) is 0 Å². The maximum atomic E-state index is 10.7. The summed E-state index contributed by atoms with van der Waals surface area (Å²) < 4.78 is 5.16. The highest BCUT2D eigenvalue weighted by atomic mass is 35.5. The van der Waals surface area contributed by atoms with E-state index in [9.17, 15) is 10.1 Å². The molecule has 0 fully saturated rings. The Balaban J connectivity index is 2.37. The summed E-state index contributed by atoms with van der Waals surface area (Å²) in [4.78, 5) is 21.1. The maximum absolute atomic E-state index is 10.7. The lowest BCUT2D eigenvalue weighted by atomic mass is 10.5. The summed E-state index contributed by atoms with van der Waals surface area (Å²) in [5.41, 5.74) is -0.375. The lowest BCUT2D eigenvalue weighted by molar-refractivity contribution is -0.386. The first-order chi connectivity index (χ1) is 8.16. The van der Waals surface area contributed by atoms with Crippen LogP contribution in [0.1, 0.15) is 0 Å². The molecule has 2 aromatic rings. The average Bonchev–Trinajstić information content (AvgIpc) is 2.30. The van der Waals surface area contributed by atoms with E-state index in [0.717, 1.165) is 6.20 Å². The van der Waals surface area contributed by atoms with Crippen LogP contribution in [-0.4, -0.2) is 19.9 Å². The number of pyridine rings is 1. The van der Waals surface area contributed by atoms with Crippen molar-refractivity contribution >= 4 is 17.3 Å². The first-order valence-electron chi connectivity index (χ1n) is 4.42. The summed E-state index contributed by atoms with van der Waals surface area (Å²) >= 11 is 5.54. The van der Waals surface area contributed by atoms with Crippen LogP contribution in [0.3, 0.4) is 0 Å². The fourth-order valence-electron chi connectivity index (χ4n) is 1.05. The van der Waals surface area contributed by atoms with E-state index >= 15 is 0 Å². The largest absolute Gasteiger partial charge is 0.415 e. The van der Waals surface area contributed by atoms with Gasteiger partial charge in [0.25, 0.3) is 0 Å². The molecule has 0 saturated heterocycles. The van der Waals surface area contributed by atoms with Gasteiger partial charge in [-0.1, -0.05) is 6.07 Å². The van der Waals surface area contributed by atoms with Crippen LogP contribution < -0.4 is 4.74 Å². The third-order valence-electron chi connectivity index (χ3n) is 1.74. The quantitative estimate of drug-likeness (QED) is 0.472. The smallest absolute Gasteiger partial charge is 0.349 e. The molecule has 0 radical (unpaired) electrons. The van der Waals surface area contributed by atoms with Crippen molar-refractivity contribution in [2.45, 2.75) is 0 Å². The summed E-state index contributed by atoms with van der Waals surface area (Å²) in [6.07, 6.45) is 2.47. The second-order valence-electron chi connectivity index (χ2n) is 2.86. The minimum atomic E-state index is -0.658. The van der Waals surface area contributed by atoms with Crippen molar-refractivity contribution in [2.75, 3.05) is 0 Å². The predicted molar refractivity (Wildman–Crippen MR) is 58.0 cm³/mol. The van der Waals surface area contributed by atoms with Crippen molar-refractivity contribution in [1.82, 2.24) is 15.0 Å². The van der Waals surface area contributed by atoms with Crippen LogP contribution in [0.2, 0.25) is 5.28 Å². The molecule has 7 nitrogen and oxygen atoms in total. The van der Waals surface area contributed by atoms with Crippen LogP contribution in [0.25, 0.3) is 0 Å². The van der Waals surface area contributed by atoms with Crippen molar-refractivity contribution in [1.29, 1.82) is 0 Å². The monoisotopic (exact) mass is 252 g/mol. The molecule has 2 rings (SSSR count). The second kappa shape index (κ2) is 4.71. The SMILES string of the molecule is O=[N+]([O-])c1cnc(Cl)nc1Oc1ccccn1. The van der Waals surface area contributed by atoms with E-state index < -0.39 is 4.92 Å². The molecule has 0 aliphatic carbocycles. The van der Waals surface area contributed by atoms with Crippen molar-refractivity contribution in [3.05, 3.63) is 46.0 Å². The highest BCUT2D eigenvalue weighted by Gasteiger charge is 2.19. The third-order valence-corrected chi connectivity index (χ3v) is 1.92. The van der Waals surface area contributed by atoms with Gasteiger partial charge in [0.15, 0.2) is 0 Å². The molecule has 0 aromatic carbocycles. The number of halogens is 1. The minimum Gasteiger partial charge on any atom is -0.415 e. The van der Waals surface area contributed by atoms with Crippen LogP contribution in [0, 0.1) is 10.1 Å². The summed E-state index contributed by atoms with van der Waals surface area (Å²) in [5.74, 6) is -0.0564. The molecule has 8 heteroatoms. The van der Waals surface area contributed by atoms with E-state index in [1.54, 1.807) is 18.2 Å². The van der Waals surface area contributed by atoms with Crippen LogP contribution in [-0.2, 0) is 0 Å². The number of ether oxygens (including phenoxy) is 1. The van der Waals surface area contributed by atoms with Crippen LogP contribution in [0.4, 0.5) is 5.69 Å². The van der Waals surface area contributed by atoms with E-state index in [4.69, 9.17) is 16.3 Å². The number of hydrogen-bond acceptors (Lipinski definition) is 6. The van der Waals surface area contributed by atoms with E-state index in [2.05, 4.69) is 15.0 Å². The number of nitro groups is 1. The second-order valence-corrected chi connectivity index (χ2v) is 3.19. The Labute approximate surface area is 100 Å². The summed E-state index contributed by atoms with van der Waals surface area (Å²) in [6, 6.07) is 4.91. The number of aromatic nitrogens is 3. The number of rotatable bonds is 3. The maximum Gasteiger partial charge on any atom is 0.349 e. The molecule has 0 unspecified atom stereocenters. The van der Waals surface area contributed by atoms with Crippen molar-refractivity contribution in [2.24, 2.45) is 0 Å². The van der Waals surface area contributed by atoms with Gasteiger partial charge in [0.2, 0.25) is 11.2 Å². The van der Waals surface area contributed by atoms with Crippen LogP contribution in [0.5, 0.6) is 11.8 Å². The van der Waals surface area contributed by atoms with Gasteiger partial charge in [-0.2, -0.15) is 4.98 Å². The van der Waals surface area contributed by atoms with E-state index in [1.165, 1.54) is 6.20 Å². The Kier molecular flexibility index (Phi) is 3.10. The lowest BCUT2D eigenvalue weighted by Crippen LogP contribution is -1.98. The number of nitrogens with zero attached hydrogens (tertiary/aromatic N) is 4. The van der Waals surface area contributed by atoms with E-state index in [-0.39, 0.29) is 22.7 Å². The van der Waals surface area contributed by atoms with Gasteiger partial charge in [-0.05, 0) is 17.7 Å². The fourth-order valence-corrected chi connectivity index (χ4v) is 1.17. The Morgan fingerprint density at radius 1 is 1.35 bits per heavy atom. The minimum absolute atomic E-state index is 0.137. The summed E-state index contributed by atoms with van der Waals surface area (Å²) in [5, 5.41) is 10.6. The topological polar surface area (TPSA) is 91.0 Å². The lowest BCUT2D eigenvalue weighted by Gasteiger charge is -2.03. The summed E-state index contributed by atoms with van der Waals surface area (Å²) in [6.45, 7) is 0. The molecule has 86 valence electrons. The molecule has 0 amide bonds. The highest BCUT2D eigenvalue weighted by Crippen LogP contribution is 2.27. The van der Waals surface area contributed by atoms with Crippen molar-refractivity contribution in [3.8, 4) is 11.8 Å². The Hall–Kier alpha value is -2.28. The van der Waals surface area contributed by atoms with Gasteiger partial charge in [0, 0.05) is 12.3 Å². The zero-order valence-corrected chi connectivity index (χ0v) is 9.03. The molecule has 0 spiro atoms. The normalized spacial score (nSPS) is 9.94. The molecule has 0 N–H and O–H groups in total. The van der Waals surface area contributed by atoms with Gasteiger partial charge in [-0.3, -0.25) is 10.1 Å². The molecular weight excluding hydrogens is 248 g/mol. The molecule has 0 aliphatic heterocycles. The zero-order valence-electron chi connectivity index (χ0n) is 8.28. The van der Waals surface area contributed by atoms with Gasteiger partial charge < -0.3 is 4.74 Å². The molecule has 0 aliphatic rings. The molecule has 0 bridgehead atoms. The molecule has 2 aromatic heterocycles. The first kappa shape index (κ1) is 11.2. The van der Waals surface area contributed by atoms with Crippen molar-refractivity contribution < 1.29 is 9.66 Å². The van der Waals surface area contributed by atoms with E-state index in [1.807, 2.05) is 0 Å². The Bertz CT molecular complexity index is 549. The molecule has 0 saturated carbocycles. The van der Waals surface area contributed by atoms with Gasteiger partial charge in [0.05, 0.1) is 4.92 Å².